The second-order valence-corrected chi connectivity index (χ2v) is 5.09. The summed E-state index contributed by atoms with van der Waals surface area (Å²) in [5, 5.41) is 0. The number of nitrogens with zero attached hydrogens (tertiary/aromatic N) is 1. The van der Waals surface area contributed by atoms with Crippen LogP contribution in [0.5, 0.6) is 5.75 Å². The Labute approximate surface area is 110 Å². The molecule has 0 aromatic heterocycles. The predicted molar refractivity (Wildman–Crippen MR) is 73.8 cm³/mol. The van der Waals surface area contributed by atoms with Crippen molar-refractivity contribution in [2.24, 2.45) is 0 Å². The van der Waals surface area contributed by atoms with E-state index < -0.39 is 0 Å². The minimum atomic E-state index is 0.0283. The monoisotopic (exact) mass is 249 g/mol. The Kier molecular flexibility index (Phi) is 5.20. The summed E-state index contributed by atoms with van der Waals surface area (Å²) >= 11 is 0. The predicted octanol–water partition coefficient (Wildman–Crippen LogP) is 3.02. The van der Waals surface area contributed by atoms with Crippen LogP contribution >= 0.6 is 0 Å². The Morgan fingerprint density at radius 2 is 1.61 bits per heavy atom. The molecule has 0 unspecified atom stereocenters. The standard InChI is InChI=1S/C15H23NO2/c1-11(2)16(12(3)4)15(17)10-18-14-8-6-13(5)7-9-14/h6-9,11-12H,10H2,1-5H3. The van der Waals surface area contributed by atoms with Crippen LogP contribution in [0.15, 0.2) is 24.3 Å². The second kappa shape index (κ2) is 6.43. The van der Waals surface area contributed by atoms with E-state index in [1.54, 1.807) is 0 Å². The molecule has 0 N–H and O–H groups in total. The molecule has 18 heavy (non-hydrogen) atoms. The summed E-state index contributed by atoms with van der Waals surface area (Å²) in [7, 11) is 0. The highest BCUT2D eigenvalue weighted by atomic mass is 16.5. The zero-order valence-corrected chi connectivity index (χ0v) is 11.9. The smallest absolute Gasteiger partial charge is 0.260 e. The molecule has 0 aliphatic heterocycles. The van der Waals surface area contributed by atoms with E-state index >= 15 is 0 Å². The minimum Gasteiger partial charge on any atom is -0.484 e. The molecule has 0 atom stereocenters. The topological polar surface area (TPSA) is 29.5 Å². The maximum absolute atomic E-state index is 12.1. The summed E-state index contributed by atoms with van der Waals surface area (Å²) in [5.41, 5.74) is 1.18. The lowest BCUT2D eigenvalue weighted by Gasteiger charge is -2.30. The maximum atomic E-state index is 12.1. The van der Waals surface area contributed by atoms with Crippen molar-refractivity contribution in [3.05, 3.63) is 29.8 Å². The third-order valence-corrected chi connectivity index (χ3v) is 2.78. The molecule has 0 aliphatic carbocycles. The summed E-state index contributed by atoms with van der Waals surface area (Å²) < 4.78 is 5.51. The zero-order valence-electron chi connectivity index (χ0n) is 11.9. The van der Waals surface area contributed by atoms with Gasteiger partial charge in [-0.25, -0.2) is 0 Å². The summed E-state index contributed by atoms with van der Waals surface area (Å²) in [6.07, 6.45) is 0. The van der Waals surface area contributed by atoms with E-state index in [1.165, 1.54) is 5.56 Å². The summed E-state index contributed by atoms with van der Waals surface area (Å²) in [4.78, 5) is 13.9. The van der Waals surface area contributed by atoms with E-state index in [0.717, 1.165) is 5.75 Å². The van der Waals surface area contributed by atoms with Crippen molar-refractivity contribution in [1.29, 1.82) is 0 Å². The molecule has 1 amide bonds. The van der Waals surface area contributed by atoms with Crippen LogP contribution in [0.1, 0.15) is 33.3 Å². The number of benzene rings is 1. The van der Waals surface area contributed by atoms with Crippen LogP contribution in [0.3, 0.4) is 0 Å². The third-order valence-electron chi connectivity index (χ3n) is 2.78. The summed E-state index contributed by atoms with van der Waals surface area (Å²) in [6, 6.07) is 8.11. The highest BCUT2D eigenvalue weighted by Crippen LogP contribution is 2.12. The van der Waals surface area contributed by atoms with Gasteiger partial charge in [-0.1, -0.05) is 17.7 Å². The number of ether oxygens (including phenoxy) is 1. The van der Waals surface area contributed by atoms with Crippen molar-refractivity contribution >= 4 is 5.91 Å². The van der Waals surface area contributed by atoms with E-state index in [2.05, 4.69) is 0 Å². The fourth-order valence-corrected chi connectivity index (χ4v) is 2.03. The molecule has 1 rings (SSSR count). The van der Waals surface area contributed by atoms with Gasteiger partial charge in [0.05, 0.1) is 0 Å². The Morgan fingerprint density at radius 3 is 2.06 bits per heavy atom. The van der Waals surface area contributed by atoms with Crippen LogP contribution < -0.4 is 4.74 Å². The lowest BCUT2D eigenvalue weighted by molar-refractivity contribution is -0.136. The average Bonchev–Trinajstić information content (AvgIpc) is 2.27. The van der Waals surface area contributed by atoms with Crippen molar-refractivity contribution in [3.8, 4) is 5.75 Å². The first-order valence-corrected chi connectivity index (χ1v) is 6.42. The normalized spacial score (nSPS) is 10.8. The molecular formula is C15H23NO2. The van der Waals surface area contributed by atoms with Crippen molar-refractivity contribution in [3.63, 3.8) is 0 Å². The molecule has 0 fully saturated rings. The van der Waals surface area contributed by atoms with Crippen molar-refractivity contribution in [2.45, 2.75) is 46.7 Å². The number of rotatable bonds is 5. The Morgan fingerprint density at radius 1 is 1.11 bits per heavy atom. The van der Waals surface area contributed by atoms with Gasteiger partial charge in [0.15, 0.2) is 6.61 Å². The van der Waals surface area contributed by atoms with Gasteiger partial charge in [0.1, 0.15) is 5.75 Å². The number of carbonyl (C=O) groups is 1. The maximum Gasteiger partial charge on any atom is 0.260 e. The third kappa shape index (κ3) is 4.06. The number of carbonyl (C=O) groups excluding carboxylic acids is 1. The molecule has 1 aromatic rings. The number of aryl methyl sites for hydroxylation is 1. The molecule has 0 radical (unpaired) electrons. The van der Waals surface area contributed by atoms with E-state index in [4.69, 9.17) is 4.74 Å². The van der Waals surface area contributed by atoms with Crippen LogP contribution in [-0.4, -0.2) is 29.5 Å². The van der Waals surface area contributed by atoms with Crippen LogP contribution in [0.25, 0.3) is 0 Å². The van der Waals surface area contributed by atoms with Gasteiger partial charge in [-0.3, -0.25) is 4.79 Å². The van der Waals surface area contributed by atoms with Crippen LogP contribution in [-0.2, 0) is 4.79 Å². The van der Waals surface area contributed by atoms with Crippen molar-refractivity contribution in [2.75, 3.05) is 6.61 Å². The van der Waals surface area contributed by atoms with Gasteiger partial charge < -0.3 is 9.64 Å². The van der Waals surface area contributed by atoms with Gasteiger partial charge in [0.25, 0.3) is 5.91 Å². The van der Waals surface area contributed by atoms with Crippen molar-refractivity contribution < 1.29 is 9.53 Å². The SMILES string of the molecule is Cc1ccc(OCC(=O)N(C(C)C)C(C)C)cc1. The molecule has 0 heterocycles. The minimum absolute atomic E-state index is 0.0283. The second-order valence-electron chi connectivity index (χ2n) is 5.09. The Balaban J connectivity index is 2.57. The molecule has 0 spiro atoms. The van der Waals surface area contributed by atoms with E-state index in [9.17, 15) is 4.79 Å². The molecule has 100 valence electrons. The molecule has 0 saturated carbocycles. The Hall–Kier alpha value is -1.51. The van der Waals surface area contributed by atoms with Gasteiger partial charge in [-0.2, -0.15) is 0 Å². The molecular weight excluding hydrogens is 226 g/mol. The highest BCUT2D eigenvalue weighted by Gasteiger charge is 2.20. The fraction of sp³-hybridized carbons (Fsp3) is 0.533. The molecule has 0 bridgehead atoms. The molecule has 3 heteroatoms. The molecule has 0 aliphatic rings. The number of hydrogen-bond donors (Lipinski definition) is 0. The number of hydrogen-bond acceptors (Lipinski definition) is 2. The van der Waals surface area contributed by atoms with E-state index in [1.807, 2.05) is 63.8 Å². The fourth-order valence-electron chi connectivity index (χ4n) is 2.03. The van der Waals surface area contributed by atoms with Gasteiger partial charge in [0, 0.05) is 12.1 Å². The van der Waals surface area contributed by atoms with Gasteiger partial charge >= 0.3 is 0 Å². The Bertz CT molecular complexity index is 374. The quantitative estimate of drug-likeness (QED) is 0.802. The lowest BCUT2D eigenvalue weighted by Crippen LogP contribution is -2.44. The molecule has 3 nitrogen and oxygen atoms in total. The van der Waals surface area contributed by atoms with Gasteiger partial charge in [0.2, 0.25) is 0 Å². The number of amides is 1. The first kappa shape index (κ1) is 14.6. The molecule has 0 saturated heterocycles. The summed E-state index contributed by atoms with van der Waals surface area (Å²) in [5.74, 6) is 0.766. The first-order chi connectivity index (χ1) is 8.41. The van der Waals surface area contributed by atoms with Crippen LogP contribution in [0.2, 0.25) is 0 Å². The van der Waals surface area contributed by atoms with Crippen LogP contribution in [0.4, 0.5) is 0 Å². The average molecular weight is 249 g/mol. The lowest BCUT2D eigenvalue weighted by atomic mass is 10.2. The largest absolute Gasteiger partial charge is 0.484 e. The van der Waals surface area contributed by atoms with E-state index in [-0.39, 0.29) is 24.6 Å². The van der Waals surface area contributed by atoms with Crippen molar-refractivity contribution in [1.82, 2.24) is 4.90 Å². The van der Waals surface area contributed by atoms with E-state index in [0.29, 0.717) is 0 Å². The molecule has 1 aromatic carbocycles. The first-order valence-electron chi connectivity index (χ1n) is 6.42. The van der Waals surface area contributed by atoms with Crippen LogP contribution in [0, 0.1) is 6.92 Å². The zero-order chi connectivity index (χ0) is 13.7. The van der Waals surface area contributed by atoms with Gasteiger partial charge in [-0.15, -0.1) is 0 Å². The highest BCUT2D eigenvalue weighted by molar-refractivity contribution is 5.78. The van der Waals surface area contributed by atoms with Gasteiger partial charge in [-0.05, 0) is 46.8 Å². The summed E-state index contributed by atoms with van der Waals surface area (Å²) in [6.45, 7) is 10.2.